The van der Waals surface area contributed by atoms with Crippen LogP contribution in [0.3, 0.4) is 0 Å². The lowest BCUT2D eigenvalue weighted by Gasteiger charge is -2.10. The molecule has 3 N–H and O–H groups in total. The van der Waals surface area contributed by atoms with E-state index in [1.165, 1.54) is 19.4 Å². The lowest BCUT2D eigenvalue weighted by Crippen LogP contribution is -2.38. The summed E-state index contributed by atoms with van der Waals surface area (Å²) >= 11 is 0. The Hall–Kier alpha value is -1.86. The molecule has 0 aromatic carbocycles. The van der Waals surface area contributed by atoms with Crippen molar-refractivity contribution in [3.63, 3.8) is 0 Å². The Bertz CT molecular complexity index is 391. The number of nitrogens with one attached hydrogen (secondary N) is 2. The van der Waals surface area contributed by atoms with Crippen LogP contribution in [0, 0.1) is 0 Å². The second-order valence-electron chi connectivity index (χ2n) is 3.91. The highest BCUT2D eigenvalue weighted by molar-refractivity contribution is 5.94. The Morgan fingerprint density at radius 1 is 1.47 bits per heavy atom. The van der Waals surface area contributed by atoms with Gasteiger partial charge in [-0.05, 0) is 18.6 Å². The van der Waals surface area contributed by atoms with Gasteiger partial charge in [0.2, 0.25) is 5.91 Å². The first kappa shape index (κ1) is 15.2. The Balaban J connectivity index is 2.13. The summed E-state index contributed by atoms with van der Waals surface area (Å²) in [5.74, 6) is -0.618. The summed E-state index contributed by atoms with van der Waals surface area (Å²) in [5.41, 5.74) is 0. The predicted molar refractivity (Wildman–Crippen MR) is 66.6 cm³/mol. The molecular weight excluding hydrogens is 252 g/mol. The molecule has 1 aromatic rings. The van der Waals surface area contributed by atoms with E-state index in [0.29, 0.717) is 13.0 Å². The van der Waals surface area contributed by atoms with E-state index in [0.717, 1.165) is 0 Å². The molecule has 0 aliphatic heterocycles. The maximum absolute atomic E-state index is 11.4. The third-order valence-electron chi connectivity index (χ3n) is 2.31. The van der Waals surface area contributed by atoms with Crippen LogP contribution in [-0.4, -0.2) is 49.8 Å². The van der Waals surface area contributed by atoms with Crippen LogP contribution in [-0.2, 0) is 9.53 Å². The van der Waals surface area contributed by atoms with Gasteiger partial charge in [0.1, 0.15) is 0 Å². The molecule has 106 valence electrons. The molecule has 0 saturated carbocycles. The van der Waals surface area contributed by atoms with Crippen LogP contribution in [0.2, 0.25) is 0 Å². The van der Waals surface area contributed by atoms with Gasteiger partial charge in [-0.1, -0.05) is 0 Å². The van der Waals surface area contributed by atoms with Crippen molar-refractivity contribution >= 4 is 11.8 Å². The molecule has 0 aliphatic rings. The van der Waals surface area contributed by atoms with Gasteiger partial charge in [-0.2, -0.15) is 0 Å². The molecule has 1 heterocycles. The zero-order valence-electron chi connectivity index (χ0n) is 10.7. The second-order valence-corrected chi connectivity index (χ2v) is 3.91. The van der Waals surface area contributed by atoms with E-state index < -0.39 is 12.0 Å². The van der Waals surface area contributed by atoms with Crippen LogP contribution in [0.1, 0.15) is 17.0 Å². The number of rotatable bonds is 8. The molecule has 0 saturated heterocycles. The van der Waals surface area contributed by atoms with Gasteiger partial charge in [-0.25, -0.2) is 0 Å². The summed E-state index contributed by atoms with van der Waals surface area (Å²) in [4.78, 5) is 22.8. The Morgan fingerprint density at radius 2 is 2.26 bits per heavy atom. The van der Waals surface area contributed by atoms with Crippen molar-refractivity contribution in [2.75, 3.05) is 26.8 Å². The SMILES string of the molecule is COCC(O)CCNC(=O)CNC(=O)c1ccco1. The highest BCUT2D eigenvalue weighted by atomic mass is 16.5. The fourth-order valence-electron chi connectivity index (χ4n) is 1.37. The van der Waals surface area contributed by atoms with Crippen LogP contribution in [0.4, 0.5) is 0 Å². The molecule has 0 aliphatic carbocycles. The van der Waals surface area contributed by atoms with Crippen LogP contribution < -0.4 is 10.6 Å². The zero-order valence-corrected chi connectivity index (χ0v) is 10.7. The molecule has 0 radical (unpaired) electrons. The first-order valence-electron chi connectivity index (χ1n) is 5.89. The van der Waals surface area contributed by atoms with E-state index >= 15 is 0 Å². The van der Waals surface area contributed by atoms with Crippen molar-refractivity contribution in [1.82, 2.24) is 10.6 Å². The standard InChI is InChI=1S/C12H18N2O5/c1-18-8-9(15)4-5-13-11(16)7-14-12(17)10-3-2-6-19-10/h2-3,6,9,15H,4-5,7-8H2,1H3,(H,13,16)(H,14,17). The van der Waals surface area contributed by atoms with Crippen LogP contribution in [0.15, 0.2) is 22.8 Å². The third-order valence-corrected chi connectivity index (χ3v) is 2.31. The van der Waals surface area contributed by atoms with Gasteiger partial charge in [-0.15, -0.1) is 0 Å². The number of carbonyl (C=O) groups excluding carboxylic acids is 2. The summed E-state index contributed by atoms with van der Waals surface area (Å²) < 4.78 is 9.63. The minimum Gasteiger partial charge on any atom is -0.459 e. The van der Waals surface area contributed by atoms with Crippen molar-refractivity contribution in [2.45, 2.75) is 12.5 Å². The fourth-order valence-corrected chi connectivity index (χ4v) is 1.37. The summed E-state index contributed by atoms with van der Waals surface area (Å²) in [6.07, 6.45) is 1.17. The van der Waals surface area contributed by atoms with Gasteiger partial charge in [0.15, 0.2) is 5.76 Å². The number of hydrogen-bond donors (Lipinski definition) is 3. The maximum atomic E-state index is 11.4. The number of ether oxygens (including phenoxy) is 1. The third kappa shape index (κ3) is 6.03. The number of aliphatic hydroxyl groups excluding tert-OH is 1. The molecule has 0 bridgehead atoms. The molecule has 2 amide bonds. The van der Waals surface area contributed by atoms with Gasteiger partial charge in [0, 0.05) is 13.7 Å². The van der Waals surface area contributed by atoms with E-state index in [4.69, 9.17) is 9.15 Å². The maximum Gasteiger partial charge on any atom is 0.287 e. The molecule has 7 heteroatoms. The van der Waals surface area contributed by atoms with E-state index in [2.05, 4.69) is 10.6 Å². The molecule has 1 aromatic heterocycles. The lowest BCUT2D eigenvalue weighted by atomic mass is 10.2. The topological polar surface area (TPSA) is 101 Å². The number of methoxy groups -OCH3 is 1. The van der Waals surface area contributed by atoms with Crippen molar-refractivity contribution < 1.29 is 23.8 Å². The molecule has 0 fully saturated rings. The first-order chi connectivity index (χ1) is 9.13. The molecule has 1 unspecified atom stereocenters. The van der Waals surface area contributed by atoms with Gasteiger partial charge in [0.05, 0.1) is 25.5 Å². The summed E-state index contributed by atoms with van der Waals surface area (Å²) in [5, 5.41) is 14.3. The summed E-state index contributed by atoms with van der Waals surface area (Å²) in [7, 11) is 1.49. The lowest BCUT2D eigenvalue weighted by molar-refractivity contribution is -0.120. The summed E-state index contributed by atoms with van der Waals surface area (Å²) in [6, 6.07) is 3.10. The molecular formula is C12H18N2O5. The highest BCUT2D eigenvalue weighted by Gasteiger charge is 2.10. The predicted octanol–water partition coefficient (Wildman–Crippen LogP) is -0.477. The van der Waals surface area contributed by atoms with E-state index in [1.807, 2.05) is 0 Å². The normalized spacial score (nSPS) is 11.9. The van der Waals surface area contributed by atoms with E-state index in [-0.39, 0.29) is 24.8 Å². The molecule has 19 heavy (non-hydrogen) atoms. The van der Waals surface area contributed by atoms with Gasteiger partial charge >= 0.3 is 0 Å². The second kappa shape index (κ2) is 8.28. The quantitative estimate of drug-likeness (QED) is 0.592. The van der Waals surface area contributed by atoms with E-state index in [1.54, 1.807) is 6.07 Å². The van der Waals surface area contributed by atoms with Crippen molar-refractivity contribution in [3.8, 4) is 0 Å². The van der Waals surface area contributed by atoms with E-state index in [9.17, 15) is 14.7 Å². The minimum absolute atomic E-state index is 0.139. The van der Waals surface area contributed by atoms with Gasteiger partial charge in [-0.3, -0.25) is 9.59 Å². The monoisotopic (exact) mass is 270 g/mol. The van der Waals surface area contributed by atoms with Crippen LogP contribution in [0.5, 0.6) is 0 Å². The average molecular weight is 270 g/mol. The molecule has 1 atom stereocenters. The number of aliphatic hydroxyl groups is 1. The summed E-state index contributed by atoms with van der Waals surface area (Å²) in [6.45, 7) is 0.408. The van der Waals surface area contributed by atoms with Crippen molar-refractivity contribution in [3.05, 3.63) is 24.2 Å². The number of amides is 2. The minimum atomic E-state index is -0.608. The average Bonchev–Trinajstić information content (AvgIpc) is 2.90. The largest absolute Gasteiger partial charge is 0.459 e. The van der Waals surface area contributed by atoms with Crippen LogP contribution in [0.25, 0.3) is 0 Å². The highest BCUT2D eigenvalue weighted by Crippen LogP contribution is 1.98. The molecule has 0 spiro atoms. The Kier molecular flexibility index (Phi) is 6.62. The number of carbonyl (C=O) groups is 2. The molecule has 1 rings (SSSR count). The first-order valence-corrected chi connectivity index (χ1v) is 5.89. The van der Waals surface area contributed by atoms with Gasteiger partial charge in [0.25, 0.3) is 5.91 Å². The Morgan fingerprint density at radius 3 is 2.89 bits per heavy atom. The molecule has 7 nitrogen and oxygen atoms in total. The number of furan rings is 1. The fraction of sp³-hybridized carbons (Fsp3) is 0.500. The van der Waals surface area contributed by atoms with Crippen LogP contribution >= 0.6 is 0 Å². The zero-order chi connectivity index (χ0) is 14.1. The smallest absolute Gasteiger partial charge is 0.287 e. The van der Waals surface area contributed by atoms with Crippen molar-refractivity contribution in [1.29, 1.82) is 0 Å². The number of hydrogen-bond acceptors (Lipinski definition) is 5. The Labute approximate surface area is 110 Å². The van der Waals surface area contributed by atoms with Crippen molar-refractivity contribution in [2.24, 2.45) is 0 Å². The van der Waals surface area contributed by atoms with Gasteiger partial charge < -0.3 is 24.9 Å².